The van der Waals surface area contributed by atoms with Gasteiger partial charge in [-0.25, -0.2) is 4.99 Å². The van der Waals surface area contributed by atoms with Crippen LogP contribution < -0.4 is 5.32 Å². The number of aryl methyl sites for hydroxylation is 2. The molecule has 0 aliphatic heterocycles. The van der Waals surface area contributed by atoms with E-state index >= 15 is 0 Å². The van der Waals surface area contributed by atoms with Gasteiger partial charge in [-0.3, -0.25) is 14.9 Å². The smallest absolute Gasteiger partial charge is 0.269 e. The molecule has 0 bridgehead atoms. The molecular formula is C28H25N3O4S. The number of thiophene rings is 1. The SMILES string of the molecule is Cc1cc([N+](=O)[O-])ccc1-c1ccc(/C=N\c2sc3c(c2C(=O)NCc2ccccc2)CCCC3)o1. The first kappa shape index (κ1) is 23.7. The maximum Gasteiger partial charge on any atom is 0.269 e. The molecule has 7 nitrogen and oxygen atoms in total. The lowest BCUT2D eigenvalue weighted by Gasteiger charge is -2.12. The largest absolute Gasteiger partial charge is 0.455 e. The maximum absolute atomic E-state index is 13.2. The van der Waals surface area contributed by atoms with Crippen LogP contribution in [0.5, 0.6) is 0 Å². The molecule has 0 saturated carbocycles. The van der Waals surface area contributed by atoms with Crippen molar-refractivity contribution in [3.63, 3.8) is 0 Å². The predicted octanol–water partition coefficient (Wildman–Crippen LogP) is 6.78. The molecule has 1 N–H and O–H groups in total. The second kappa shape index (κ2) is 10.3. The van der Waals surface area contributed by atoms with Gasteiger partial charge in [-0.15, -0.1) is 11.3 Å². The van der Waals surface area contributed by atoms with Crippen LogP contribution in [0.3, 0.4) is 0 Å². The Morgan fingerprint density at radius 3 is 2.72 bits per heavy atom. The van der Waals surface area contributed by atoms with Crippen LogP contribution in [0.2, 0.25) is 0 Å². The number of furan rings is 1. The first-order valence-corrected chi connectivity index (χ1v) is 12.7. The Bertz CT molecular complexity index is 1450. The number of carbonyl (C=O) groups is 1. The molecule has 2 aromatic carbocycles. The number of carbonyl (C=O) groups excluding carboxylic acids is 1. The molecule has 182 valence electrons. The van der Waals surface area contributed by atoms with E-state index in [2.05, 4.69) is 10.3 Å². The minimum absolute atomic E-state index is 0.0457. The summed E-state index contributed by atoms with van der Waals surface area (Å²) in [7, 11) is 0. The fraction of sp³-hybridized carbons (Fsp3) is 0.214. The average Bonchev–Trinajstić information content (AvgIpc) is 3.51. The molecule has 1 aliphatic rings. The molecule has 0 fully saturated rings. The van der Waals surface area contributed by atoms with Crippen molar-refractivity contribution in [2.24, 2.45) is 4.99 Å². The summed E-state index contributed by atoms with van der Waals surface area (Å²) in [5.41, 5.74) is 4.41. The molecule has 36 heavy (non-hydrogen) atoms. The lowest BCUT2D eigenvalue weighted by molar-refractivity contribution is -0.384. The fourth-order valence-electron chi connectivity index (χ4n) is 4.47. The first-order chi connectivity index (χ1) is 17.5. The molecule has 2 heterocycles. The van der Waals surface area contributed by atoms with E-state index in [0.717, 1.165) is 47.9 Å². The molecule has 4 aromatic rings. The Morgan fingerprint density at radius 1 is 1.14 bits per heavy atom. The van der Waals surface area contributed by atoms with E-state index in [1.165, 1.54) is 17.0 Å². The van der Waals surface area contributed by atoms with Crippen molar-refractivity contribution in [1.29, 1.82) is 0 Å². The van der Waals surface area contributed by atoms with Gasteiger partial charge in [0, 0.05) is 29.1 Å². The quantitative estimate of drug-likeness (QED) is 0.172. The van der Waals surface area contributed by atoms with E-state index < -0.39 is 4.92 Å². The topological polar surface area (TPSA) is 97.7 Å². The van der Waals surface area contributed by atoms with Gasteiger partial charge in [0.25, 0.3) is 11.6 Å². The molecule has 8 heteroatoms. The van der Waals surface area contributed by atoms with Crippen molar-refractivity contribution < 1.29 is 14.1 Å². The van der Waals surface area contributed by atoms with Gasteiger partial charge in [0.15, 0.2) is 0 Å². The zero-order chi connectivity index (χ0) is 25.1. The summed E-state index contributed by atoms with van der Waals surface area (Å²) in [4.78, 5) is 29.8. The maximum atomic E-state index is 13.2. The summed E-state index contributed by atoms with van der Waals surface area (Å²) < 4.78 is 5.97. The number of nitrogens with zero attached hydrogens (tertiary/aromatic N) is 2. The van der Waals surface area contributed by atoms with E-state index in [-0.39, 0.29) is 11.6 Å². The number of non-ortho nitro benzene ring substituents is 1. The minimum Gasteiger partial charge on any atom is -0.455 e. The van der Waals surface area contributed by atoms with Crippen LogP contribution in [0.25, 0.3) is 11.3 Å². The summed E-state index contributed by atoms with van der Waals surface area (Å²) in [5, 5.41) is 14.8. The number of nitro groups is 1. The molecule has 0 unspecified atom stereocenters. The number of hydrogen-bond acceptors (Lipinski definition) is 6. The summed E-state index contributed by atoms with van der Waals surface area (Å²) in [5.74, 6) is 1.05. The Balaban J connectivity index is 1.39. The van der Waals surface area contributed by atoms with E-state index in [1.54, 1.807) is 23.6 Å². The molecule has 5 rings (SSSR count). The van der Waals surface area contributed by atoms with Gasteiger partial charge < -0.3 is 9.73 Å². The number of nitrogens with one attached hydrogen (secondary N) is 1. The van der Waals surface area contributed by atoms with Crippen molar-refractivity contribution in [2.75, 3.05) is 0 Å². The monoisotopic (exact) mass is 499 g/mol. The lowest BCUT2D eigenvalue weighted by Crippen LogP contribution is -2.24. The highest BCUT2D eigenvalue weighted by Crippen LogP contribution is 2.40. The lowest BCUT2D eigenvalue weighted by atomic mass is 9.95. The molecule has 0 radical (unpaired) electrons. The van der Waals surface area contributed by atoms with Gasteiger partial charge in [-0.05, 0) is 67.5 Å². The standard InChI is InChI=1S/C28H25N3O4S/c1-18-15-20(31(33)34)11-13-22(18)24-14-12-21(35-24)17-30-28-26(23-9-5-6-10-25(23)36-28)27(32)29-16-19-7-3-2-4-8-19/h2-4,7-8,11-15,17H,5-6,9-10,16H2,1H3,(H,29,32)/b30-17-. The Hall–Kier alpha value is -4.04. The molecular weight excluding hydrogens is 474 g/mol. The van der Waals surface area contributed by atoms with Crippen LogP contribution in [-0.2, 0) is 19.4 Å². The molecule has 0 atom stereocenters. The number of amides is 1. The van der Waals surface area contributed by atoms with E-state index in [9.17, 15) is 14.9 Å². The number of benzene rings is 2. The van der Waals surface area contributed by atoms with Gasteiger partial charge in [0.1, 0.15) is 16.5 Å². The highest BCUT2D eigenvalue weighted by molar-refractivity contribution is 7.16. The summed E-state index contributed by atoms with van der Waals surface area (Å²) >= 11 is 1.58. The first-order valence-electron chi connectivity index (χ1n) is 11.9. The van der Waals surface area contributed by atoms with Gasteiger partial charge in [0.05, 0.1) is 16.7 Å². The van der Waals surface area contributed by atoms with Crippen LogP contribution in [0, 0.1) is 17.0 Å². The second-order valence-electron chi connectivity index (χ2n) is 8.78. The number of aliphatic imine (C=N–C) groups is 1. The van der Waals surface area contributed by atoms with E-state index in [1.807, 2.05) is 49.4 Å². The fourth-order valence-corrected chi connectivity index (χ4v) is 5.70. The van der Waals surface area contributed by atoms with Gasteiger partial charge in [-0.2, -0.15) is 0 Å². The second-order valence-corrected chi connectivity index (χ2v) is 9.86. The van der Waals surface area contributed by atoms with Crippen LogP contribution in [0.1, 0.15) is 50.5 Å². The number of fused-ring (bicyclic) bond motifs is 1. The van der Waals surface area contributed by atoms with Gasteiger partial charge in [0.2, 0.25) is 0 Å². The third-order valence-electron chi connectivity index (χ3n) is 6.30. The van der Waals surface area contributed by atoms with E-state index in [0.29, 0.717) is 28.6 Å². The van der Waals surface area contributed by atoms with Crippen LogP contribution in [0.4, 0.5) is 10.7 Å². The van der Waals surface area contributed by atoms with E-state index in [4.69, 9.17) is 4.42 Å². The zero-order valence-corrected chi connectivity index (χ0v) is 20.6. The minimum atomic E-state index is -0.411. The normalized spacial score (nSPS) is 13.0. The Morgan fingerprint density at radius 2 is 1.94 bits per heavy atom. The Kier molecular flexibility index (Phi) is 6.77. The summed E-state index contributed by atoms with van der Waals surface area (Å²) in [6.07, 6.45) is 5.69. The third-order valence-corrected chi connectivity index (χ3v) is 7.50. The van der Waals surface area contributed by atoms with Crippen molar-refractivity contribution in [2.45, 2.75) is 39.2 Å². The molecule has 0 spiro atoms. The molecule has 1 amide bonds. The molecule has 0 saturated heterocycles. The molecule has 2 aromatic heterocycles. The van der Waals surface area contributed by atoms with Crippen LogP contribution in [0.15, 0.2) is 70.1 Å². The van der Waals surface area contributed by atoms with Crippen LogP contribution in [-0.4, -0.2) is 17.0 Å². The summed E-state index contributed by atoms with van der Waals surface area (Å²) in [6, 6.07) is 18.2. The molecule has 1 aliphatic carbocycles. The van der Waals surface area contributed by atoms with Crippen molar-refractivity contribution in [3.05, 3.63) is 104 Å². The van der Waals surface area contributed by atoms with Crippen molar-refractivity contribution in [3.8, 4) is 11.3 Å². The average molecular weight is 500 g/mol. The number of hydrogen-bond donors (Lipinski definition) is 1. The van der Waals surface area contributed by atoms with Crippen molar-refractivity contribution in [1.82, 2.24) is 5.32 Å². The summed E-state index contributed by atoms with van der Waals surface area (Å²) in [6.45, 7) is 2.28. The number of nitro benzene ring substituents is 1. The Labute approximate surface area is 212 Å². The van der Waals surface area contributed by atoms with Crippen LogP contribution >= 0.6 is 11.3 Å². The van der Waals surface area contributed by atoms with Gasteiger partial charge in [-0.1, -0.05) is 30.3 Å². The zero-order valence-electron chi connectivity index (χ0n) is 19.8. The predicted molar refractivity (Wildman–Crippen MR) is 141 cm³/mol. The number of rotatable bonds is 7. The highest BCUT2D eigenvalue weighted by atomic mass is 32.1. The van der Waals surface area contributed by atoms with Gasteiger partial charge >= 0.3 is 0 Å². The highest BCUT2D eigenvalue weighted by Gasteiger charge is 2.25. The third kappa shape index (κ3) is 4.99. The van der Waals surface area contributed by atoms with Crippen molar-refractivity contribution >= 4 is 34.1 Å².